The van der Waals surface area contributed by atoms with Gasteiger partial charge in [-0.1, -0.05) is 0 Å². The lowest BCUT2D eigenvalue weighted by atomic mass is 10.1. The van der Waals surface area contributed by atoms with E-state index in [1.54, 1.807) is 0 Å². The van der Waals surface area contributed by atoms with Crippen LogP contribution in [0.2, 0.25) is 0 Å². The van der Waals surface area contributed by atoms with Gasteiger partial charge in [0, 0.05) is 0 Å². The molecule has 0 amide bonds. The first-order chi connectivity index (χ1) is 8.97. The highest BCUT2D eigenvalue weighted by atomic mass is 19.4. The third-order valence-electron chi connectivity index (χ3n) is 2.45. The quantitative estimate of drug-likeness (QED) is 0.573. The van der Waals surface area contributed by atoms with Crippen LogP contribution >= 0.6 is 0 Å². The highest BCUT2D eigenvalue weighted by molar-refractivity contribution is 5.14. The van der Waals surface area contributed by atoms with Crippen molar-refractivity contribution >= 4 is 0 Å². The van der Waals surface area contributed by atoms with Gasteiger partial charge in [-0.25, -0.2) is 9.23 Å². The van der Waals surface area contributed by atoms with Crippen molar-refractivity contribution in [1.29, 1.82) is 0 Å². The SMILES string of the molecule is FC(C(F)(F)F)C(F)(F)ON1CC1(C(F)(F)F)C(F)(F)F. The third-order valence-corrected chi connectivity index (χ3v) is 2.45. The van der Waals surface area contributed by atoms with Gasteiger partial charge in [-0.15, -0.1) is 0 Å². The fourth-order valence-corrected chi connectivity index (χ4v) is 1.29. The Balaban J connectivity index is 2.97. The molecule has 0 aromatic carbocycles. The first-order valence-corrected chi connectivity index (χ1v) is 4.65. The van der Waals surface area contributed by atoms with Crippen LogP contribution in [0.15, 0.2) is 0 Å². The lowest BCUT2D eigenvalue weighted by molar-refractivity contribution is -0.406. The molecular formula is C7H3F12NO. The minimum absolute atomic E-state index is 1.48. The predicted molar refractivity (Wildman–Crippen MR) is 38.5 cm³/mol. The molecule has 1 rings (SSSR count). The van der Waals surface area contributed by atoms with Gasteiger partial charge in [0.05, 0.1) is 6.54 Å². The minimum Gasteiger partial charge on any atom is -0.227 e. The number of hydrogen-bond donors (Lipinski definition) is 0. The molecule has 0 bridgehead atoms. The summed E-state index contributed by atoms with van der Waals surface area (Å²) < 4.78 is 146. The van der Waals surface area contributed by atoms with Crippen molar-refractivity contribution in [3.05, 3.63) is 0 Å². The molecule has 1 heterocycles. The van der Waals surface area contributed by atoms with E-state index in [-0.39, 0.29) is 0 Å². The molecule has 0 aromatic rings. The van der Waals surface area contributed by atoms with Crippen LogP contribution in [0.4, 0.5) is 52.7 Å². The second-order valence-corrected chi connectivity index (χ2v) is 3.95. The molecule has 1 fully saturated rings. The molecule has 2 unspecified atom stereocenters. The monoisotopic (exact) mass is 345 g/mol. The van der Waals surface area contributed by atoms with Crippen molar-refractivity contribution in [1.82, 2.24) is 5.06 Å². The van der Waals surface area contributed by atoms with Gasteiger partial charge in [0.15, 0.2) is 0 Å². The number of hydroxylamine groups is 2. The molecule has 21 heavy (non-hydrogen) atoms. The summed E-state index contributed by atoms with van der Waals surface area (Å²) in [4.78, 5) is 2.67. The lowest BCUT2D eigenvalue weighted by Crippen LogP contribution is -2.52. The topological polar surface area (TPSA) is 12.2 Å². The van der Waals surface area contributed by atoms with Crippen LogP contribution < -0.4 is 0 Å². The zero-order valence-electron chi connectivity index (χ0n) is 9.18. The van der Waals surface area contributed by atoms with Crippen LogP contribution in [0.25, 0.3) is 0 Å². The molecule has 0 aromatic heterocycles. The summed E-state index contributed by atoms with van der Waals surface area (Å²) in [5.74, 6) is 0. The lowest BCUT2D eigenvalue weighted by Gasteiger charge is -2.26. The van der Waals surface area contributed by atoms with E-state index in [1.165, 1.54) is 0 Å². The Morgan fingerprint density at radius 3 is 1.43 bits per heavy atom. The van der Waals surface area contributed by atoms with E-state index in [0.29, 0.717) is 0 Å². The van der Waals surface area contributed by atoms with Gasteiger partial charge >= 0.3 is 24.6 Å². The first kappa shape index (κ1) is 18.1. The average molecular weight is 345 g/mol. The maximum absolute atomic E-state index is 12.6. The number of alkyl halides is 12. The number of rotatable bonds is 3. The van der Waals surface area contributed by atoms with Crippen molar-refractivity contribution in [3.8, 4) is 0 Å². The van der Waals surface area contributed by atoms with Gasteiger partial charge in [-0.2, -0.15) is 53.4 Å². The molecule has 0 N–H and O–H groups in total. The zero-order valence-corrected chi connectivity index (χ0v) is 9.18. The fraction of sp³-hybridized carbons (Fsp3) is 1.00. The smallest absolute Gasteiger partial charge is 0.227 e. The highest BCUT2D eigenvalue weighted by Crippen LogP contribution is 2.57. The van der Waals surface area contributed by atoms with E-state index in [1.807, 2.05) is 0 Å². The molecule has 0 radical (unpaired) electrons. The summed E-state index contributed by atoms with van der Waals surface area (Å²) in [6.45, 7) is -2.24. The van der Waals surface area contributed by atoms with Gasteiger partial charge in [-0.3, -0.25) is 0 Å². The summed E-state index contributed by atoms with van der Waals surface area (Å²) in [7, 11) is 0. The Labute approximate surface area is 107 Å². The fourth-order valence-electron chi connectivity index (χ4n) is 1.29. The first-order valence-electron chi connectivity index (χ1n) is 4.65. The molecule has 0 spiro atoms. The van der Waals surface area contributed by atoms with Crippen molar-refractivity contribution in [3.63, 3.8) is 0 Å². The predicted octanol–water partition coefficient (Wildman–Crippen LogP) is 3.59. The summed E-state index contributed by atoms with van der Waals surface area (Å²) in [5.41, 5.74) is -4.89. The Hall–Kier alpha value is -0.920. The van der Waals surface area contributed by atoms with E-state index in [0.717, 1.165) is 0 Å². The largest absolute Gasteiger partial charge is 0.428 e. The van der Waals surface area contributed by atoms with Crippen LogP contribution in [0, 0.1) is 0 Å². The molecule has 1 aliphatic heterocycles. The minimum atomic E-state index is -6.24. The Bertz CT molecular complexity index is 380. The summed E-state index contributed by atoms with van der Waals surface area (Å²) >= 11 is 0. The van der Waals surface area contributed by atoms with Gasteiger partial charge in [-0.05, 0) is 0 Å². The van der Waals surface area contributed by atoms with Crippen LogP contribution in [0.5, 0.6) is 0 Å². The van der Waals surface area contributed by atoms with E-state index in [4.69, 9.17) is 0 Å². The van der Waals surface area contributed by atoms with Gasteiger partial charge in [0.2, 0.25) is 0 Å². The van der Waals surface area contributed by atoms with Gasteiger partial charge < -0.3 is 0 Å². The number of nitrogens with zero attached hydrogens (tertiary/aromatic N) is 1. The molecular weight excluding hydrogens is 342 g/mol. The van der Waals surface area contributed by atoms with Crippen LogP contribution in [-0.2, 0) is 4.84 Å². The molecule has 2 atom stereocenters. The molecule has 1 aliphatic rings. The van der Waals surface area contributed by atoms with E-state index in [2.05, 4.69) is 4.84 Å². The molecule has 0 saturated carbocycles. The highest BCUT2D eigenvalue weighted by Gasteiger charge is 2.86. The molecule has 14 heteroatoms. The third kappa shape index (κ3) is 3.00. The Morgan fingerprint density at radius 2 is 1.19 bits per heavy atom. The second kappa shape index (κ2) is 4.54. The Morgan fingerprint density at radius 1 is 0.810 bits per heavy atom. The maximum atomic E-state index is 12.6. The van der Waals surface area contributed by atoms with Crippen molar-refractivity contribution in [2.24, 2.45) is 0 Å². The van der Waals surface area contributed by atoms with E-state index >= 15 is 0 Å². The number of hydrogen-bond acceptors (Lipinski definition) is 2. The summed E-state index contributed by atoms with van der Waals surface area (Å²) in [5, 5.41) is -1.48. The normalized spacial score (nSPS) is 24.9. The zero-order chi connectivity index (χ0) is 17.1. The second-order valence-electron chi connectivity index (χ2n) is 3.95. The van der Waals surface area contributed by atoms with E-state index in [9.17, 15) is 52.7 Å². The molecule has 2 nitrogen and oxygen atoms in total. The average Bonchev–Trinajstić information content (AvgIpc) is 2.88. The Kier molecular flexibility index (Phi) is 3.92. The van der Waals surface area contributed by atoms with Crippen LogP contribution in [0.1, 0.15) is 0 Å². The molecule has 126 valence electrons. The van der Waals surface area contributed by atoms with Crippen molar-refractivity contribution in [2.45, 2.75) is 36.3 Å². The van der Waals surface area contributed by atoms with Crippen LogP contribution in [-0.4, -0.2) is 48.0 Å². The van der Waals surface area contributed by atoms with E-state index < -0.39 is 48.0 Å². The standard InChI is InChI=1S/C7H3F12NO/c8-2(4(9,10)11)5(12,13)21-20-1-3(20,6(14,15)16)7(17,18)19/h2H,1H2. The van der Waals surface area contributed by atoms with Gasteiger partial charge in [0.25, 0.3) is 11.7 Å². The summed E-state index contributed by atoms with van der Waals surface area (Å²) in [6, 6.07) is 0. The molecule has 1 saturated heterocycles. The molecule has 0 aliphatic carbocycles. The summed E-state index contributed by atoms with van der Waals surface area (Å²) in [6.07, 6.45) is -29.6. The van der Waals surface area contributed by atoms with Gasteiger partial charge in [0.1, 0.15) is 0 Å². The number of halogens is 12. The van der Waals surface area contributed by atoms with Crippen molar-refractivity contribution in [2.75, 3.05) is 6.54 Å². The van der Waals surface area contributed by atoms with Crippen LogP contribution in [0.3, 0.4) is 0 Å². The van der Waals surface area contributed by atoms with Crippen molar-refractivity contribution < 1.29 is 57.5 Å². The maximum Gasteiger partial charge on any atom is 0.428 e.